The molecule has 0 aliphatic heterocycles. The van der Waals surface area contributed by atoms with Crippen molar-refractivity contribution < 1.29 is 10.2 Å². The molecule has 0 atom stereocenters. The minimum absolute atomic E-state index is 0.127. The van der Waals surface area contributed by atoms with Crippen LogP contribution < -0.4 is 0 Å². The molecule has 0 saturated heterocycles. The summed E-state index contributed by atoms with van der Waals surface area (Å²) in [4.78, 5) is 2.39. The van der Waals surface area contributed by atoms with Gasteiger partial charge < -0.3 is 15.1 Å². The molecule has 1 saturated carbocycles. The highest BCUT2D eigenvalue weighted by atomic mass is 16.3. The van der Waals surface area contributed by atoms with Crippen LogP contribution in [0.25, 0.3) is 0 Å². The second kappa shape index (κ2) is 8.06. The molecule has 0 spiro atoms. The van der Waals surface area contributed by atoms with E-state index in [0.29, 0.717) is 6.61 Å². The predicted octanol–water partition coefficient (Wildman–Crippen LogP) is 2.02. The molecule has 0 heterocycles. The lowest BCUT2D eigenvalue weighted by Gasteiger charge is -2.36. The Morgan fingerprint density at radius 3 is 2.18 bits per heavy atom. The van der Waals surface area contributed by atoms with Gasteiger partial charge in [0.15, 0.2) is 0 Å². The fourth-order valence-corrected chi connectivity index (χ4v) is 2.96. The van der Waals surface area contributed by atoms with Gasteiger partial charge in [0.25, 0.3) is 0 Å². The van der Waals surface area contributed by atoms with Crippen molar-refractivity contribution in [3.05, 3.63) is 0 Å². The molecule has 2 N–H and O–H groups in total. The first kappa shape index (κ1) is 14.9. The second-order valence-corrected chi connectivity index (χ2v) is 5.52. The van der Waals surface area contributed by atoms with Crippen molar-refractivity contribution in [3.63, 3.8) is 0 Å². The van der Waals surface area contributed by atoms with Gasteiger partial charge in [-0.15, -0.1) is 0 Å². The van der Waals surface area contributed by atoms with Crippen molar-refractivity contribution in [2.45, 2.75) is 51.9 Å². The maximum Gasteiger partial charge on any atom is 0.0499 e. The van der Waals surface area contributed by atoms with E-state index >= 15 is 0 Å². The van der Waals surface area contributed by atoms with E-state index in [0.717, 1.165) is 26.1 Å². The van der Waals surface area contributed by atoms with Gasteiger partial charge in [-0.1, -0.05) is 32.6 Å². The lowest BCUT2D eigenvalue weighted by atomic mass is 9.80. The molecular weight excluding hydrogens is 214 g/mol. The van der Waals surface area contributed by atoms with Crippen LogP contribution in [0.1, 0.15) is 51.9 Å². The van der Waals surface area contributed by atoms with Crippen LogP contribution in [0.5, 0.6) is 0 Å². The third-order valence-corrected chi connectivity index (χ3v) is 4.14. The van der Waals surface area contributed by atoms with Gasteiger partial charge in [0.05, 0.1) is 0 Å². The first-order chi connectivity index (χ1) is 8.26. The van der Waals surface area contributed by atoms with Gasteiger partial charge in [0.2, 0.25) is 0 Å². The molecule has 0 radical (unpaired) electrons. The molecule has 0 aromatic carbocycles. The summed E-state index contributed by atoms with van der Waals surface area (Å²) in [6.45, 7) is 5.72. The lowest BCUT2D eigenvalue weighted by Crippen LogP contribution is -2.40. The Kier molecular flexibility index (Phi) is 7.09. The minimum atomic E-state index is 0.127. The Morgan fingerprint density at radius 1 is 1.06 bits per heavy atom. The first-order valence-electron chi connectivity index (χ1n) is 7.20. The standard InChI is InChI=1S/C14H29NO2/c1-2-15(10-7-11-16)12-14(13-17)8-5-3-4-6-9-14/h16-17H,2-13H2,1H3. The van der Waals surface area contributed by atoms with E-state index in [1.54, 1.807) is 0 Å². The number of hydrogen-bond donors (Lipinski definition) is 2. The van der Waals surface area contributed by atoms with E-state index in [1.807, 2.05) is 0 Å². The maximum atomic E-state index is 9.76. The molecule has 1 aliphatic carbocycles. The highest BCUT2D eigenvalue weighted by Gasteiger charge is 2.31. The second-order valence-electron chi connectivity index (χ2n) is 5.52. The van der Waals surface area contributed by atoms with E-state index in [9.17, 15) is 5.11 Å². The van der Waals surface area contributed by atoms with Gasteiger partial charge in [0, 0.05) is 31.7 Å². The Labute approximate surface area is 106 Å². The van der Waals surface area contributed by atoms with Gasteiger partial charge in [-0.2, -0.15) is 0 Å². The average Bonchev–Trinajstić information content (AvgIpc) is 2.60. The molecule has 0 bridgehead atoms. The zero-order chi connectivity index (χ0) is 12.6. The van der Waals surface area contributed by atoms with Gasteiger partial charge in [-0.3, -0.25) is 0 Å². The smallest absolute Gasteiger partial charge is 0.0499 e. The van der Waals surface area contributed by atoms with Crippen molar-refractivity contribution in [2.24, 2.45) is 5.41 Å². The van der Waals surface area contributed by atoms with Crippen LogP contribution in [-0.2, 0) is 0 Å². The topological polar surface area (TPSA) is 43.7 Å². The molecule has 1 fully saturated rings. The number of aliphatic hydroxyl groups is 2. The van der Waals surface area contributed by atoms with Crippen LogP contribution in [0.2, 0.25) is 0 Å². The monoisotopic (exact) mass is 243 g/mol. The molecule has 0 aromatic rings. The Balaban J connectivity index is 2.51. The molecule has 17 heavy (non-hydrogen) atoms. The zero-order valence-electron chi connectivity index (χ0n) is 11.3. The summed E-state index contributed by atoms with van der Waals surface area (Å²) < 4.78 is 0. The summed E-state index contributed by atoms with van der Waals surface area (Å²) in [7, 11) is 0. The molecule has 0 amide bonds. The molecule has 1 aliphatic rings. The molecule has 3 nitrogen and oxygen atoms in total. The quantitative estimate of drug-likeness (QED) is 0.672. The van der Waals surface area contributed by atoms with Crippen molar-refractivity contribution >= 4 is 0 Å². The van der Waals surface area contributed by atoms with Gasteiger partial charge in [-0.25, -0.2) is 0 Å². The highest BCUT2D eigenvalue weighted by molar-refractivity contribution is 4.84. The van der Waals surface area contributed by atoms with Crippen molar-refractivity contribution in [3.8, 4) is 0 Å². The van der Waals surface area contributed by atoms with Crippen LogP contribution in [0.3, 0.4) is 0 Å². The van der Waals surface area contributed by atoms with Crippen LogP contribution >= 0.6 is 0 Å². The normalized spacial score (nSPS) is 20.5. The van der Waals surface area contributed by atoms with Crippen LogP contribution in [-0.4, -0.2) is 48.0 Å². The Morgan fingerprint density at radius 2 is 1.71 bits per heavy atom. The summed E-state index contributed by atoms with van der Waals surface area (Å²) in [6, 6.07) is 0. The summed E-state index contributed by atoms with van der Waals surface area (Å²) in [6.07, 6.45) is 8.35. The molecule has 102 valence electrons. The van der Waals surface area contributed by atoms with Crippen molar-refractivity contribution in [2.75, 3.05) is 32.8 Å². The van der Waals surface area contributed by atoms with Crippen LogP contribution in [0.4, 0.5) is 0 Å². The van der Waals surface area contributed by atoms with E-state index < -0.39 is 0 Å². The molecule has 1 rings (SSSR count). The van der Waals surface area contributed by atoms with Gasteiger partial charge in [0.1, 0.15) is 0 Å². The summed E-state index contributed by atoms with van der Waals surface area (Å²) >= 11 is 0. The van der Waals surface area contributed by atoms with Crippen molar-refractivity contribution in [1.29, 1.82) is 0 Å². The fraction of sp³-hybridized carbons (Fsp3) is 1.00. The summed E-state index contributed by atoms with van der Waals surface area (Å²) in [5.41, 5.74) is 0.127. The molecular formula is C14H29NO2. The lowest BCUT2D eigenvalue weighted by molar-refractivity contribution is 0.0588. The predicted molar refractivity (Wildman–Crippen MR) is 71.0 cm³/mol. The summed E-state index contributed by atoms with van der Waals surface area (Å²) in [5, 5.41) is 18.7. The van der Waals surface area contributed by atoms with E-state index in [4.69, 9.17) is 5.11 Å². The summed E-state index contributed by atoms with van der Waals surface area (Å²) in [5.74, 6) is 0. The van der Waals surface area contributed by atoms with Crippen LogP contribution in [0.15, 0.2) is 0 Å². The van der Waals surface area contributed by atoms with Gasteiger partial charge >= 0.3 is 0 Å². The third kappa shape index (κ3) is 4.94. The van der Waals surface area contributed by atoms with E-state index in [2.05, 4.69) is 11.8 Å². The van der Waals surface area contributed by atoms with Crippen molar-refractivity contribution in [1.82, 2.24) is 4.90 Å². The number of nitrogens with zero attached hydrogens (tertiary/aromatic N) is 1. The first-order valence-corrected chi connectivity index (χ1v) is 7.20. The van der Waals surface area contributed by atoms with E-state index in [-0.39, 0.29) is 12.0 Å². The zero-order valence-corrected chi connectivity index (χ0v) is 11.3. The third-order valence-electron chi connectivity index (χ3n) is 4.14. The van der Waals surface area contributed by atoms with E-state index in [1.165, 1.54) is 38.5 Å². The Hall–Kier alpha value is -0.120. The molecule has 0 unspecified atom stereocenters. The number of hydrogen-bond acceptors (Lipinski definition) is 3. The maximum absolute atomic E-state index is 9.76. The molecule has 3 heteroatoms. The van der Waals surface area contributed by atoms with Gasteiger partial charge in [-0.05, 0) is 25.8 Å². The largest absolute Gasteiger partial charge is 0.396 e. The number of aliphatic hydroxyl groups excluding tert-OH is 2. The molecule has 0 aromatic heterocycles. The fourth-order valence-electron chi connectivity index (χ4n) is 2.96. The van der Waals surface area contributed by atoms with Crippen LogP contribution in [0, 0.1) is 5.41 Å². The Bertz CT molecular complexity index is 189. The average molecular weight is 243 g/mol. The highest BCUT2D eigenvalue weighted by Crippen LogP contribution is 2.35. The number of rotatable bonds is 7. The SMILES string of the molecule is CCN(CCCO)CC1(CO)CCCCCC1. The minimum Gasteiger partial charge on any atom is -0.396 e.